The van der Waals surface area contributed by atoms with E-state index in [0.29, 0.717) is 13.0 Å². The van der Waals surface area contributed by atoms with Crippen LogP contribution in [0.2, 0.25) is 0 Å². The highest BCUT2D eigenvalue weighted by Crippen LogP contribution is 2.17. The molecule has 3 amide bonds. The number of fused-ring (bicyclic) bond motifs is 1. The van der Waals surface area contributed by atoms with Crippen LogP contribution in [0, 0.1) is 5.41 Å². The van der Waals surface area contributed by atoms with Crippen molar-refractivity contribution in [3.63, 3.8) is 0 Å². The summed E-state index contributed by atoms with van der Waals surface area (Å²) in [6.45, 7) is 0.893. The number of nitrogens with two attached hydrogens (primary N) is 1. The number of guanidine groups is 1. The van der Waals surface area contributed by atoms with Gasteiger partial charge in [0.05, 0.1) is 6.04 Å². The summed E-state index contributed by atoms with van der Waals surface area (Å²) in [5.41, 5.74) is 6.11. The first-order chi connectivity index (χ1) is 21.0. The molecule has 0 bridgehead atoms. The second kappa shape index (κ2) is 16.8. The van der Waals surface area contributed by atoms with Gasteiger partial charge < -0.3 is 42.5 Å². The number of hydrogen-bond donors (Lipinski definition) is 9. The van der Waals surface area contributed by atoms with Crippen LogP contribution >= 0.6 is 0 Å². The Morgan fingerprint density at radius 3 is 2.27 bits per heavy atom. The lowest BCUT2D eigenvalue weighted by Gasteiger charge is -2.27. The molecule has 0 saturated carbocycles. The van der Waals surface area contributed by atoms with Crippen LogP contribution in [0.3, 0.4) is 0 Å². The molecule has 2 aromatic rings. The monoisotopic (exact) mass is 611 g/mol. The van der Waals surface area contributed by atoms with Gasteiger partial charge in [0.15, 0.2) is 5.96 Å². The Kier molecular flexibility index (Phi) is 12.9. The van der Waals surface area contributed by atoms with Crippen LogP contribution < -0.4 is 32.3 Å². The molecule has 3 rings (SSSR count). The summed E-state index contributed by atoms with van der Waals surface area (Å²) < 4.78 is 0. The minimum absolute atomic E-state index is 0.0456. The third-order valence-corrected chi connectivity index (χ3v) is 7.39. The van der Waals surface area contributed by atoms with Crippen molar-refractivity contribution in [3.8, 4) is 0 Å². The molecule has 1 aliphatic rings. The summed E-state index contributed by atoms with van der Waals surface area (Å²) in [7, 11) is 0. The maximum absolute atomic E-state index is 13.7. The quantitative estimate of drug-likeness (QED) is 0.0710. The Morgan fingerprint density at radius 2 is 1.61 bits per heavy atom. The maximum Gasteiger partial charge on any atom is 0.326 e. The number of carboxylic acid groups (broad SMARTS) is 2. The van der Waals surface area contributed by atoms with Crippen LogP contribution in [0.25, 0.3) is 10.8 Å². The van der Waals surface area contributed by atoms with Gasteiger partial charge in [-0.2, -0.15) is 0 Å². The van der Waals surface area contributed by atoms with E-state index in [9.17, 15) is 29.1 Å². The highest BCUT2D eigenvalue weighted by atomic mass is 16.4. The molecule has 2 aromatic carbocycles. The molecule has 0 radical (unpaired) electrons. The first-order valence-electron chi connectivity index (χ1n) is 14.7. The third-order valence-electron chi connectivity index (χ3n) is 7.39. The molecule has 0 unspecified atom stereocenters. The average Bonchev–Trinajstić information content (AvgIpc) is 3.00. The lowest BCUT2D eigenvalue weighted by molar-refractivity contribution is -0.143. The maximum atomic E-state index is 13.7. The van der Waals surface area contributed by atoms with E-state index in [1.165, 1.54) is 0 Å². The fourth-order valence-corrected chi connectivity index (χ4v) is 5.03. The zero-order valence-corrected chi connectivity index (χ0v) is 24.4. The van der Waals surface area contributed by atoms with E-state index in [2.05, 4.69) is 26.6 Å². The molecule has 14 heteroatoms. The van der Waals surface area contributed by atoms with Gasteiger partial charge >= 0.3 is 11.9 Å². The molecule has 4 atom stereocenters. The van der Waals surface area contributed by atoms with Gasteiger partial charge in [-0.05, 0) is 55.0 Å². The van der Waals surface area contributed by atoms with Gasteiger partial charge in [0.2, 0.25) is 17.7 Å². The number of nitrogens with one attached hydrogen (secondary N) is 6. The molecular formula is C30H41N7O7. The van der Waals surface area contributed by atoms with Crippen molar-refractivity contribution < 1.29 is 34.2 Å². The number of carbonyl (C=O) groups is 5. The summed E-state index contributed by atoms with van der Waals surface area (Å²) in [6.07, 6.45) is 2.06. The molecule has 1 saturated heterocycles. The van der Waals surface area contributed by atoms with Crippen molar-refractivity contribution in [1.29, 1.82) is 5.41 Å². The summed E-state index contributed by atoms with van der Waals surface area (Å²) in [5, 5.41) is 41.4. The van der Waals surface area contributed by atoms with Gasteiger partial charge in [-0.3, -0.25) is 24.6 Å². The minimum atomic E-state index is -1.49. The van der Waals surface area contributed by atoms with Gasteiger partial charge in [0, 0.05) is 19.4 Å². The molecule has 0 aromatic heterocycles. The van der Waals surface area contributed by atoms with Crippen LogP contribution in [-0.2, 0) is 30.4 Å². The van der Waals surface area contributed by atoms with Gasteiger partial charge in [-0.25, -0.2) is 4.79 Å². The number of carboxylic acids is 2. The highest BCUT2D eigenvalue weighted by molar-refractivity contribution is 5.94. The van der Waals surface area contributed by atoms with E-state index >= 15 is 0 Å². The molecular weight excluding hydrogens is 570 g/mol. The van der Waals surface area contributed by atoms with Crippen molar-refractivity contribution in [3.05, 3.63) is 48.0 Å². The van der Waals surface area contributed by atoms with E-state index in [4.69, 9.17) is 16.2 Å². The van der Waals surface area contributed by atoms with Gasteiger partial charge in [0.1, 0.15) is 18.1 Å². The molecule has 1 heterocycles. The van der Waals surface area contributed by atoms with E-state index in [0.717, 1.165) is 29.2 Å². The summed E-state index contributed by atoms with van der Waals surface area (Å²) >= 11 is 0. The van der Waals surface area contributed by atoms with Gasteiger partial charge in [0.25, 0.3) is 0 Å². The summed E-state index contributed by atoms with van der Waals surface area (Å²) in [6, 6.07) is 9.22. The van der Waals surface area contributed by atoms with Crippen molar-refractivity contribution in [1.82, 2.24) is 26.6 Å². The fourth-order valence-electron chi connectivity index (χ4n) is 5.03. The van der Waals surface area contributed by atoms with Crippen molar-refractivity contribution >= 4 is 46.4 Å². The van der Waals surface area contributed by atoms with Crippen molar-refractivity contribution in [2.45, 2.75) is 75.5 Å². The first kappa shape index (κ1) is 33.8. The predicted molar refractivity (Wildman–Crippen MR) is 163 cm³/mol. The molecule has 1 aliphatic heterocycles. The highest BCUT2D eigenvalue weighted by Gasteiger charge is 2.31. The fraction of sp³-hybridized carbons (Fsp3) is 0.467. The number of piperidine rings is 1. The number of benzene rings is 2. The van der Waals surface area contributed by atoms with Crippen molar-refractivity contribution in [2.75, 3.05) is 13.1 Å². The van der Waals surface area contributed by atoms with E-state index in [1.807, 2.05) is 42.5 Å². The van der Waals surface area contributed by atoms with Crippen LogP contribution in [0.1, 0.15) is 50.5 Å². The zero-order chi connectivity index (χ0) is 32.1. The average molecular weight is 612 g/mol. The molecule has 0 aliphatic carbocycles. The number of hydrogen-bond acceptors (Lipinski definition) is 7. The smallest absolute Gasteiger partial charge is 0.326 e. The molecule has 10 N–H and O–H groups in total. The Hall–Kier alpha value is -4.72. The SMILES string of the molecule is N=C(N)NCCC[C@H](NC(=O)[C@H](Cc1ccc2ccccc2c1)NC(=O)[C@@H]1CCCCN1)C(=O)N[C@@H](CCC(=O)O)C(=O)O. The molecule has 238 valence electrons. The molecule has 44 heavy (non-hydrogen) atoms. The third kappa shape index (κ3) is 10.8. The Bertz CT molecular complexity index is 1350. The summed E-state index contributed by atoms with van der Waals surface area (Å²) in [4.78, 5) is 62.8. The first-order valence-corrected chi connectivity index (χ1v) is 14.7. The molecule has 1 fully saturated rings. The molecule has 0 spiro atoms. The van der Waals surface area contributed by atoms with E-state index in [-0.39, 0.29) is 44.1 Å². The van der Waals surface area contributed by atoms with Crippen LogP contribution in [-0.4, -0.2) is 83.1 Å². The normalized spacial score (nSPS) is 16.6. The number of aliphatic carboxylic acids is 2. The topological polar surface area (TPSA) is 236 Å². The Morgan fingerprint density at radius 1 is 0.909 bits per heavy atom. The van der Waals surface area contributed by atoms with Crippen LogP contribution in [0.5, 0.6) is 0 Å². The van der Waals surface area contributed by atoms with Gasteiger partial charge in [-0.15, -0.1) is 0 Å². The molecule has 14 nitrogen and oxygen atoms in total. The number of amides is 3. The van der Waals surface area contributed by atoms with Crippen LogP contribution in [0.15, 0.2) is 42.5 Å². The largest absolute Gasteiger partial charge is 0.481 e. The predicted octanol–water partition coefficient (Wildman–Crippen LogP) is 0.191. The standard InChI is InChI=1S/C30H41N7O7/c31-30(32)34-15-5-9-22(27(41)36-23(29(43)44)12-13-25(38)39)35-28(42)24(37-26(40)21-8-3-4-14-33-21)17-18-10-11-19-6-1-2-7-20(19)16-18/h1-2,6-7,10-11,16,21-24,33H,3-5,8-9,12-15,17H2,(H,35,42)(H,36,41)(H,37,40)(H,38,39)(H,43,44)(H4,31,32,34)/t21-,22-,23-,24-/m0/s1. The second-order valence-corrected chi connectivity index (χ2v) is 10.8. The Labute approximate surface area is 255 Å². The number of carbonyl (C=O) groups excluding carboxylic acids is 3. The van der Waals surface area contributed by atoms with Crippen LogP contribution in [0.4, 0.5) is 0 Å². The lowest BCUT2D eigenvalue weighted by Crippen LogP contribution is -2.58. The van der Waals surface area contributed by atoms with E-state index < -0.39 is 54.3 Å². The van der Waals surface area contributed by atoms with E-state index in [1.54, 1.807) is 0 Å². The summed E-state index contributed by atoms with van der Waals surface area (Å²) in [5.74, 6) is -4.70. The second-order valence-electron chi connectivity index (χ2n) is 10.8. The minimum Gasteiger partial charge on any atom is -0.481 e. The van der Waals surface area contributed by atoms with Crippen molar-refractivity contribution in [2.24, 2.45) is 5.73 Å². The van der Waals surface area contributed by atoms with Gasteiger partial charge in [-0.1, -0.05) is 48.9 Å². The zero-order valence-electron chi connectivity index (χ0n) is 24.4. The Balaban J connectivity index is 1.81. The lowest BCUT2D eigenvalue weighted by atomic mass is 9.99. The number of rotatable bonds is 16.